The third-order valence-electron chi connectivity index (χ3n) is 3.64. The van der Waals surface area contributed by atoms with Crippen molar-refractivity contribution >= 4 is 36.1 Å². The van der Waals surface area contributed by atoms with Crippen LogP contribution in [-0.2, 0) is 17.3 Å². The van der Waals surface area contributed by atoms with Gasteiger partial charge in [-0.15, -0.1) is 6.67 Å². The maximum atomic E-state index is 6.01. The van der Waals surface area contributed by atoms with Gasteiger partial charge < -0.3 is 14.5 Å². The number of anilines is 3. The van der Waals surface area contributed by atoms with Crippen LogP contribution in [0.25, 0.3) is 0 Å². The van der Waals surface area contributed by atoms with Crippen LogP contribution in [0, 0.1) is 6.67 Å². The van der Waals surface area contributed by atoms with E-state index >= 15 is 0 Å². The van der Waals surface area contributed by atoms with Crippen LogP contribution in [0.2, 0.25) is 0 Å². The summed E-state index contributed by atoms with van der Waals surface area (Å²) in [5, 5.41) is 0. The Kier molecular flexibility index (Phi) is 4.49. The van der Waals surface area contributed by atoms with Crippen molar-refractivity contribution in [2.24, 2.45) is 0 Å². The van der Waals surface area contributed by atoms with E-state index in [1.54, 1.807) is 0 Å². The van der Waals surface area contributed by atoms with Crippen LogP contribution in [0.1, 0.15) is 13.8 Å². The third kappa shape index (κ3) is 2.48. The first-order chi connectivity index (χ1) is 10.3. The average Bonchev–Trinajstić information content (AvgIpc) is 2.91. The molecule has 0 N–H and O–H groups in total. The van der Waals surface area contributed by atoms with Crippen LogP contribution in [-0.4, -0.2) is 6.04 Å². The Morgan fingerprint density at radius 2 is 1.67 bits per heavy atom. The summed E-state index contributed by atoms with van der Waals surface area (Å²) in [5.41, 5.74) is 3.46. The maximum absolute atomic E-state index is 6.01. The molecule has 0 saturated heterocycles. The van der Waals surface area contributed by atoms with Crippen LogP contribution >= 0.6 is 19.0 Å². The fourth-order valence-corrected chi connectivity index (χ4v) is 2.74. The van der Waals surface area contributed by atoms with Gasteiger partial charge in [0.15, 0.2) is 5.75 Å². The molecule has 0 radical (unpaired) electrons. The van der Waals surface area contributed by atoms with Gasteiger partial charge >= 0.3 is 36.3 Å². The minimum absolute atomic E-state index is 0.421. The van der Waals surface area contributed by atoms with E-state index < -0.39 is 0 Å². The Bertz CT molecular complexity index is 662. The van der Waals surface area contributed by atoms with E-state index in [1.165, 1.54) is 5.69 Å². The van der Waals surface area contributed by atoms with E-state index in [2.05, 4.69) is 65.8 Å². The zero-order chi connectivity index (χ0) is 15.0. The molecule has 3 nitrogen and oxygen atoms in total. The van der Waals surface area contributed by atoms with Gasteiger partial charge in [0, 0.05) is 5.69 Å². The topological polar surface area (TPSA) is 15.7 Å². The normalized spacial score (nSPS) is 14.2. The number of hydrogen-bond donors (Lipinski definition) is 0. The number of ether oxygens (including phenoxy) is 1. The first-order valence-corrected chi connectivity index (χ1v) is 11.1. The van der Waals surface area contributed by atoms with Gasteiger partial charge in [0.1, 0.15) is 5.75 Å². The number of halogens is 1. The molecular formula is C16H15AgIN2O-. The average molecular weight is 486 g/mol. The fraction of sp³-hybridized carbons (Fsp3) is 0.188. The van der Waals surface area contributed by atoms with Crippen molar-refractivity contribution in [3.8, 4) is 11.5 Å². The van der Waals surface area contributed by atoms with Crippen molar-refractivity contribution in [1.82, 2.24) is 0 Å². The second-order valence-electron chi connectivity index (χ2n) is 5.18. The van der Waals surface area contributed by atoms with Crippen molar-refractivity contribution in [2.75, 3.05) is 9.80 Å². The van der Waals surface area contributed by atoms with Gasteiger partial charge in [-0.2, -0.15) is 0 Å². The molecule has 0 bridgehead atoms. The van der Waals surface area contributed by atoms with E-state index in [0.29, 0.717) is 6.04 Å². The number of hydrogen-bond acceptors (Lipinski definition) is 3. The number of benzene rings is 2. The molecule has 0 aliphatic carbocycles. The minimum atomic E-state index is 0.421. The van der Waals surface area contributed by atoms with Crippen molar-refractivity contribution in [3.63, 3.8) is 0 Å². The molecule has 0 spiro atoms. The Labute approximate surface area is 147 Å². The standard InChI is InChI=1S/C16H15N2O.Ag.HI/c1-11(2)17-10-18-12-6-3-4-8-14(12)19-15-9-5-7-13(17)16(15)18;;/h3-11H,1-2H3;;1H/q-1;+1;/p-1. The molecule has 2 aromatic rings. The summed E-state index contributed by atoms with van der Waals surface area (Å²) in [5.74, 6) is 1.84. The molecular weight excluding hydrogens is 471 g/mol. The zero-order valence-electron chi connectivity index (χ0n) is 11.7. The van der Waals surface area contributed by atoms with E-state index in [-0.39, 0.29) is 0 Å². The first-order valence-electron chi connectivity index (χ1n) is 6.69. The summed E-state index contributed by atoms with van der Waals surface area (Å²) in [7, 11) is 0. The van der Waals surface area contributed by atoms with Gasteiger partial charge in [0.2, 0.25) is 0 Å². The first kappa shape index (κ1) is 15.2. The number of nitrogens with zero attached hydrogens (tertiary/aromatic N) is 2. The predicted octanol–water partition coefficient (Wildman–Crippen LogP) is 5.16. The monoisotopic (exact) mass is 485 g/mol. The fourth-order valence-electron chi connectivity index (χ4n) is 2.74. The molecule has 0 amide bonds. The van der Waals surface area contributed by atoms with E-state index in [1.807, 2.05) is 43.3 Å². The Hall–Kier alpha value is -0.690. The quantitative estimate of drug-likeness (QED) is 0.315. The Morgan fingerprint density at radius 3 is 2.43 bits per heavy atom. The molecule has 0 fully saturated rings. The molecule has 2 heterocycles. The summed E-state index contributed by atoms with van der Waals surface area (Å²) >= 11 is 4.88. The van der Waals surface area contributed by atoms with Gasteiger partial charge in [-0.3, -0.25) is 0 Å². The molecule has 5 heteroatoms. The summed E-state index contributed by atoms with van der Waals surface area (Å²) in [6.07, 6.45) is 0. The van der Waals surface area contributed by atoms with Crippen LogP contribution < -0.4 is 14.5 Å². The number of para-hydroxylation sites is 3. The Morgan fingerprint density at radius 1 is 1.00 bits per heavy atom. The van der Waals surface area contributed by atoms with Gasteiger partial charge in [-0.05, 0) is 44.2 Å². The van der Waals surface area contributed by atoms with E-state index in [4.69, 9.17) is 4.74 Å². The van der Waals surface area contributed by atoms with Crippen LogP contribution in [0.4, 0.5) is 17.1 Å². The van der Waals surface area contributed by atoms with Crippen molar-refractivity contribution in [1.29, 1.82) is 0 Å². The van der Waals surface area contributed by atoms with Crippen LogP contribution in [0.3, 0.4) is 0 Å². The molecule has 0 unspecified atom stereocenters. The second kappa shape index (κ2) is 6.20. The summed E-state index contributed by atoms with van der Waals surface area (Å²) in [4.78, 5) is 4.51. The molecule has 0 saturated carbocycles. The van der Waals surface area contributed by atoms with Crippen molar-refractivity contribution < 1.29 is 22.0 Å². The third-order valence-corrected chi connectivity index (χ3v) is 3.64. The molecule has 2 aliphatic rings. The summed E-state index contributed by atoms with van der Waals surface area (Å²) in [6, 6.07) is 14.8. The van der Waals surface area contributed by atoms with E-state index in [0.717, 1.165) is 22.9 Å². The van der Waals surface area contributed by atoms with Gasteiger partial charge in [-0.25, -0.2) is 0 Å². The summed E-state index contributed by atoms with van der Waals surface area (Å²) in [6.45, 7) is 6.56. The van der Waals surface area contributed by atoms with Crippen LogP contribution in [0.15, 0.2) is 42.5 Å². The molecule has 0 aromatic heterocycles. The number of rotatable bonds is 1. The molecule has 2 aliphatic heterocycles. The van der Waals surface area contributed by atoms with Gasteiger partial charge in [0.05, 0.1) is 11.4 Å². The SMILES string of the molecule is CC(C)N1[CH-]N2c3ccccc3Oc3cccc1c32.[Ag][I]. The van der Waals surface area contributed by atoms with Crippen molar-refractivity contribution in [2.45, 2.75) is 19.9 Å². The van der Waals surface area contributed by atoms with Crippen LogP contribution in [0.5, 0.6) is 11.5 Å². The summed E-state index contributed by atoms with van der Waals surface area (Å²) < 4.78 is 6.01. The zero-order valence-corrected chi connectivity index (χ0v) is 15.3. The molecule has 0 atom stereocenters. The van der Waals surface area contributed by atoms with Gasteiger partial charge in [-0.1, -0.05) is 18.2 Å². The Balaban J connectivity index is 0.000000636. The second-order valence-corrected chi connectivity index (χ2v) is 5.18. The van der Waals surface area contributed by atoms with Gasteiger partial charge in [0.25, 0.3) is 0 Å². The predicted molar refractivity (Wildman–Crippen MR) is 91.0 cm³/mol. The molecule has 114 valence electrons. The van der Waals surface area contributed by atoms with Crippen molar-refractivity contribution in [3.05, 3.63) is 49.1 Å². The van der Waals surface area contributed by atoms with E-state index in [9.17, 15) is 0 Å². The molecule has 21 heavy (non-hydrogen) atoms. The number of fused-ring (bicyclic) bond motifs is 2. The molecule has 4 rings (SSSR count). The molecule has 2 aromatic carbocycles.